The molecule has 1 atom stereocenters. The number of likely N-dealkylation sites (tertiary alicyclic amines) is 1. The summed E-state index contributed by atoms with van der Waals surface area (Å²) in [6.07, 6.45) is 1.85. The summed E-state index contributed by atoms with van der Waals surface area (Å²) in [7, 11) is 0. The van der Waals surface area contributed by atoms with Crippen LogP contribution in [0, 0.1) is 17.6 Å². The zero-order valence-corrected chi connectivity index (χ0v) is 10.6. The van der Waals surface area contributed by atoms with E-state index in [9.17, 15) is 13.6 Å². The van der Waals surface area contributed by atoms with Crippen LogP contribution in [0.15, 0.2) is 18.2 Å². The predicted molar refractivity (Wildman–Crippen MR) is 66.6 cm³/mol. The normalized spacial score (nSPS) is 19.8. The van der Waals surface area contributed by atoms with E-state index in [0.29, 0.717) is 18.9 Å². The van der Waals surface area contributed by atoms with Crippen LogP contribution >= 0.6 is 0 Å². The third-order valence-electron chi connectivity index (χ3n) is 3.53. The fourth-order valence-corrected chi connectivity index (χ4v) is 2.52. The molecular weight excluding hydrogens is 252 g/mol. The van der Waals surface area contributed by atoms with E-state index >= 15 is 0 Å². The summed E-state index contributed by atoms with van der Waals surface area (Å²) in [6, 6.07) is 3.95. The van der Waals surface area contributed by atoms with Crippen LogP contribution in [0.4, 0.5) is 8.78 Å². The fraction of sp³-hybridized carbons (Fsp3) is 0.500. The molecule has 1 aliphatic heterocycles. The van der Waals surface area contributed by atoms with E-state index < -0.39 is 17.6 Å². The molecule has 2 rings (SSSR count). The van der Waals surface area contributed by atoms with Gasteiger partial charge in [0.15, 0.2) is 11.6 Å². The van der Waals surface area contributed by atoms with Crippen molar-refractivity contribution < 1.29 is 18.7 Å². The maximum absolute atomic E-state index is 13.1. The number of hydrogen-bond acceptors (Lipinski definition) is 2. The van der Waals surface area contributed by atoms with E-state index in [-0.39, 0.29) is 6.42 Å². The van der Waals surface area contributed by atoms with Crippen LogP contribution in [-0.4, -0.2) is 29.1 Å². The second-order valence-electron chi connectivity index (χ2n) is 5.07. The molecule has 5 heteroatoms. The van der Waals surface area contributed by atoms with Gasteiger partial charge in [0.2, 0.25) is 0 Å². The summed E-state index contributed by atoms with van der Waals surface area (Å²) in [5.41, 5.74) is 0.748. The minimum absolute atomic E-state index is 0.198. The lowest BCUT2D eigenvalue weighted by Crippen LogP contribution is -2.20. The molecule has 0 aromatic heterocycles. The van der Waals surface area contributed by atoms with Crippen molar-refractivity contribution in [3.05, 3.63) is 35.4 Å². The Labute approximate surface area is 110 Å². The number of nitrogens with zero attached hydrogens (tertiary/aromatic N) is 1. The van der Waals surface area contributed by atoms with Gasteiger partial charge in [0.05, 0.1) is 0 Å². The van der Waals surface area contributed by atoms with Gasteiger partial charge in [-0.3, -0.25) is 9.69 Å². The van der Waals surface area contributed by atoms with Crippen LogP contribution in [0.5, 0.6) is 0 Å². The molecule has 1 aromatic rings. The molecule has 0 amide bonds. The highest BCUT2D eigenvalue weighted by atomic mass is 19.2. The van der Waals surface area contributed by atoms with Crippen molar-refractivity contribution >= 4 is 5.97 Å². The van der Waals surface area contributed by atoms with Crippen molar-refractivity contribution in [2.75, 3.05) is 13.1 Å². The van der Waals surface area contributed by atoms with Crippen LogP contribution in [0.25, 0.3) is 0 Å². The Morgan fingerprint density at radius 1 is 1.37 bits per heavy atom. The Bertz CT molecular complexity index is 465. The molecule has 1 unspecified atom stereocenters. The van der Waals surface area contributed by atoms with Crippen LogP contribution in [0.1, 0.15) is 24.8 Å². The highest BCUT2D eigenvalue weighted by molar-refractivity contribution is 5.66. The molecule has 1 saturated heterocycles. The lowest BCUT2D eigenvalue weighted by molar-refractivity contribution is -0.137. The van der Waals surface area contributed by atoms with Gasteiger partial charge >= 0.3 is 5.97 Å². The average Bonchev–Trinajstić information content (AvgIpc) is 2.79. The fourth-order valence-electron chi connectivity index (χ4n) is 2.52. The number of benzene rings is 1. The number of hydrogen-bond donors (Lipinski definition) is 1. The molecule has 19 heavy (non-hydrogen) atoms. The first kappa shape index (κ1) is 13.9. The average molecular weight is 269 g/mol. The Kier molecular flexibility index (Phi) is 4.47. The highest BCUT2D eigenvalue weighted by Crippen LogP contribution is 2.23. The van der Waals surface area contributed by atoms with Crippen molar-refractivity contribution in [3.8, 4) is 0 Å². The number of rotatable bonds is 5. The van der Waals surface area contributed by atoms with Crippen molar-refractivity contribution in [1.29, 1.82) is 0 Å². The Hall–Kier alpha value is -1.49. The minimum Gasteiger partial charge on any atom is -0.481 e. The minimum atomic E-state index is -0.829. The van der Waals surface area contributed by atoms with E-state index in [4.69, 9.17) is 5.11 Å². The lowest BCUT2D eigenvalue weighted by atomic mass is 10.0. The van der Waals surface area contributed by atoms with Gasteiger partial charge in [-0.25, -0.2) is 8.78 Å². The third-order valence-corrected chi connectivity index (χ3v) is 3.53. The number of aliphatic carboxylic acids is 1. The van der Waals surface area contributed by atoms with Gasteiger partial charge in [-0.15, -0.1) is 0 Å². The smallest absolute Gasteiger partial charge is 0.303 e. The van der Waals surface area contributed by atoms with Crippen LogP contribution in [0.3, 0.4) is 0 Å². The molecule has 1 heterocycles. The number of carboxylic acids is 1. The zero-order valence-electron chi connectivity index (χ0n) is 10.6. The third kappa shape index (κ3) is 3.99. The summed E-state index contributed by atoms with van der Waals surface area (Å²) in [4.78, 5) is 12.7. The van der Waals surface area contributed by atoms with Crippen LogP contribution in [-0.2, 0) is 11.3 Å². The number of halogens is 2. The predicted octanol–water partition coefficient (Wildman–Crippen LogP) is 2.65. The maximum atomic E-state index is 13.1. The molecule has 1 aromatic carbocycles. The molecule has 3 nitrogen and oxygen atoms in total. The van der Waals surface area contributed by atoms with Gasteiger partial charge in [0, 0.05) is 19.5 Å². The standard InChI is InChI=1S/C14H17F2NO2/c15-12-3-1-11(7-13(12)16)9-17-6-5-10(8-17)2-4-14(18)19/h1,3,7,10H,2,4-6,8-9H2,(H,18,19). The molecule has 0 saturated carbocycles. The van der Waals surface area contributed by atoms with Crippen molar-refractivity contribution in [3.63, 3.8) is 0 Å². The Morgan fingerprint density at radius 3 is 2.84 bits per heavy atom. The van der Waals surface area contributed by atoms with Crippen molar-refractivity contribution in [2.24, 2.45) is 5.92 Å². The number of carbonyl (C=O) groups is 1. The van der Waals surface area contributed by atoms with Gasteiger partial charge in [-0.2, -0.15) is 0 Å². The second kappa shape index (κ2) is 6.10. The van der Waals surface area contributed by atoms with Crippen molar-refractivity contribution in [1.82, 2.24) is 4.90 Å². The van der Waals surface area contributed by atoms with E-state index in [1.165, 1.54) is 6.07 Å². The number of carboxylic acid groups (broad SMARTS) is 1. The molecule has 104 valence electrons. The van der Waals surface area contributed by atoms with E-state index in [0.717, 1.165) is 31.1 Å². The molecule has 1 aliphatic rings. The first-order valence-corrected chi connectivity index (χ1v) is 6.42. The van der Waals surface area contributed by atoms with E-state index in [1.54, 1.807) is 6.07 Å². The summed E-state index contributed by atoms with van der Waals surface area (Å²) in [5, 5.41) is 8.64. The monoisotopic (exact) mass is 269 g/mol. The lowest BCUT2D eigenvalue weighted by Gasteiger charge is -2.16. The van der Waals surface area contributed by atoms with Gasteiger partial charge < -0.3 is 5.11 Å². The summed E-state index contributed by atoms with van der Waals surface area (Å²) < 4.78 is 25.9. The molecule has 0 spiro atoms. The second-order valence-corrected chi connectivity index (χ2v) is 5.07. The van der Waals surface area contributed by atoms with E-state index in [1.807, 2.05) is 0 Å². The van der Waals surface area contributed by atoms with Gasteiger partial charge in [0.1, 0.15) is 0 Å². The Morgan fingerprint density at radius 2 is 2.16 bits per heavy atom. The van der Waals surface area contributed by atoms with Crippen LogP contribution in [0.2, 0.25) is 0 Å². The molecule has 0 aliphatic carbocycles. The van der Waals surface area contributed by atoms with E-state index in [2.05, 4.69) is 4.90 Å². The molecular formula is C14H17F2NO2. The van der Waals surface area contributed by atoms with Gasteiger partial charge in [0.25, 0.3) is 0 Å². The summed E-state index contributed by atoms with van der Waals surface area (Å²) in [5.74, 6) is -2.02. The van der Waals surface area contributed by atoms with Crippen LogP contribution < -0.4 is 0 Å². The first-order chi connectivity index (χ1) is 9.04. The molecule has 0 bridgehead atoms. The summed E-state index contributed by atoms with van der Waals surface area (Å²) >= 11 is 0. The topological polar surface area (TPSA) is 40.5 Å². The first-order valence-electron chi connectivity index (χ1n) is 6.42. The SMILES string of the molecule is O=C(O)CCC1CCN(Cc2ccc(F)c(F)c2)C1. The maximum Gasteiger partial charge on any atom is 0.303 e. The largest absolute Gasteiger partial charge is 0.481 e. The highest BCUT2D eigenvalue weighted by Gasteiger charge is 2.23. The molecule has 1 fully saturated rings. The summed E-state index contributed by atoms with van der Waals surface area (Å²) in [6.45, 7) is 2.29. The Balaban J connectivity index is 1.84. The van der Waals surface area contributed by atoms with Gasteiger partial charge in [-0.1, -0.05) is 6.07 Å². The van der Waals surface area contributed by atoms with Crippen molar-refractivity contribution in [2.45, 2.75) is 25.8 Å². The van der Waals surface area contributed by atoms with Gasteiger partial charge in [-0.05, 0) is 43.0 Å². The quantitative estimate of drug-likeness (QED) is 0.893. The zero-order chi connectivity index (χ0) is 13.8. The molecule has 0 radical (unpaired) electrons. The molecule has 1 N–H and O–H groups in total.